The Kier molecular flexibility index (Phi) is 5.95. The molecule has 0 aromatic carbocycles. The van der Waals surface area contributed by atoms with Crippen LogP contribution in [0.15, 0.2) is 23.1 Å². The highest BCUT2D eigenvalue weighted by Gasteiger charge is 2.36. The lowest BCUT2D eigenvalue weighted by atomic mass is 9.79. The first-order valence-corrected chi connectivity index (χ1v) is 11.1. The molecule has 27 heavy (non-hydrogen) atoms. The molecule has 1 fully saturated rings. The molecule has 1 amide bonds. The van der Waals surface area contributed by atoms with Gasteiger partial charge < -0.3 is 4.90 Å². The van der Waals surface area contributed by atoms with Gasteiger partial charge >= 0.3 is 0 Å². The number of allylic oxidation sites excluding steroid dienone is 2. The number of thiophene rings is 1. The molecule has 0 N–H and O–H groups in total. The summed E-state index contributed by atoms with van der Waals surface area (Å²) in [6.07, 6.45) is 6.87. The van der Waals surface area contributed by atoms with Crippen molar-refractivity contribution in [3.63, 3.8) is 0 Å². The van der Waals surface area contributed by atoms with Crippen LogP contribution in [0.2, 0.25) is 0 Å². The Morgan fingerprint density at radius 3 is 2.44 bits per heavy atom. The highest BCUT2D eigenvalue weighted by Crippen LogP contribution is 2.38. The Labute approximate surface area is 167 Å². The van der Waals surface area contributed by atoms with Gasteiger partial charge in [0, 0.05) is 35.1 Å². The van der Waals surface area contributed by atoms with Gasteiger partial charge in [0.2, 0.25) is 5.91 Å². The summed E-state index contributed by atoms with van der Waals surface area (Å²) in [4.78, 5) is 28.8. The van der Waals surface area contributed by atoms with E-state index >= 15 is 0 Å². The molecular formula is C23H33NO2S. The zero-order chi connectivity index (χ0) is 19.8. The molecule has 1 heterocycles. The smallest absolute Gasteiger partial charge is 0.230 e. The fourth-order valence-corrected chi connectivity index (χ4v) is 5.33. The van der Waals surface area contributed by atoms with Crippen molar-refractivity contribution in [1.82, 2.24) is 0 Å². The van der Waals surface area contributed by atoms with E-state index in [0.29, 0.717) is 24.5 Å². The molecule has 0 aliphatic heterocycles. The third kappa shape index (κ3) is 4.53. The van der Waals surface area contributed by atoms with Crippen LogP contribution in [0.25, 0.3) is 0 Å². The van der Waals surface area contributed by atoms with E-state index in [0.717, 1.165) is 31.4 Å². The van der Waals surface area contributed by atoms with Gasteiger partial charge in [-0.25, -0.2) is 0 Å². The number of hydrogen-bond donors (Lipinski definition) is 0. The Morgan fingerprint density at radius 2 is 1.89 bits per heavy atom. The van der Waals surface area contributed by atoms with E-state index in [1.165, 1.54) is 10.5 Å². The first-order chi connectivity index (χ1) is 12.7. The highest BCUT2D eigenvalue weighted by molar-refractivity contribution is 7.10. The van der Waals surface area contributed by atoms with E-state index < -0.39 is 0 Å². The van der Waals surface area contributed by atoms with Gasteiger partial charge in [0.15, 0.2) is 0 Å². The van der Waals surface area contributed by atoms with Gasteiger partial charge in [0.1, 0.15) is 5.78 Å². The van der Waals surface area contributed by atoms with Gasteiger partial charge in [-0.05, 0) is 50.0 Å². The van der Waals surface area contributed by atoms with Crippen LogP contribution in [0.4, 0.5) is 5.69 Å². The molecule has 3 rings (SSSR count). The largest absolute Gasteiger partial charge is 0.308 e. The molecule has 0 unspecified atom stereocenters. The van der Waals surface area contributed by atoms with E-state index in [2.05, 4.69) is 57.0 Å². The van der Waals surface area contributed by atoms with E-state index in [1.807, 2.05) is 0 Å². The molecule has 1 aromatic heterocycles. The van der Waals surface area contributed by atoms with Crippen LogP contribution in [0.5, 0.6) is 0 Å². The normalized spacial score (nSPS) is 24.6. The van der Waals surface area contributed by atoms with E-state index in [1.54, 1.807) is 11.3 Å². The van der Waals surface area contributed by atoms with E-state index in [-0.39, 0.29) is 23.3 Å². The van der Waals surface area contributed by atoms with Crippen molar-refractivity contribution in [2.45, 2.75) is 84.6 Å². The average Bonchev–Trinajstić information content (AvgIpc) is 3.06. The van der Waals surface area contributed by atoms with Crippen molar-refractivity contribution in [1.29, 1.82) is 0 Å². The molecule has 0 radical (unpaired) electrons. The van der Waals surface area contributed by atoms with Crippen LogP contribution in [0.3, 0.4) is 0 Å². The molecule has 4 heteroatoms. The number of hydrogen-bond acceptors (Lipinski definition) is 3. The van der Waals surface area contributed by atoms with Crippen molar-refractivity contribution in [2.24, 2.45) is 11.8 Å². The van der Waals surface area contributed by atoms with E-state index in [9.17, 15) is 9.59 Å². The molecule has 0 bridgehead atoms. The summed E-state index contributed by atoms with van der Waals surface area (Å²) in [5.74, 6) is 1.01. The van der Waals surface area contributed by atoms with Gasteiger partial charge in [-0.15, -0.1) is 11.3 Å². The summed E-state index contributed by atoms with van der Waals surface area (Å²) in [6.45, 7) is 11.0. The lowest BCUT2D eigenvalue weighted by Gasteiger charge is -2.38. The maximum absolute atomic E-state index is 13.7. The quantitative estimate of drug-likeness (QED) is 0.607. The number of carbonyl (C=O) groups is 2. The van der Waals surface area contributed by atoms with Gasteiger partial charge in [0.25, 0.3) is 0 Å². The average molecular weight is 388 g/mol. The molecule has 1 aromatic rings. The SMILES string of the molecule is CC1=CC[C@H](C(=O)N(c2csc(C(C)(C)C)c2)C2CCC(=O)CC2)[C@@H](C)C1. The third-order valence-electron chi connectivity index (χ3n) is 6.09. The van der Waals surface area contributed by atoms with E-state index in [4.69, 9.17) is 0 Å². The molecule has 0 saturated heterocycles. The molecule has 1 saturated carbocycles. The van der Waals surface area contributed by atoms with Crippen LogP contribution in [-0.2, 0) is 15.0 Å². The summed E-state index contributed by atoms with van der Waals surface area (Å²) in [5.41, 5.74) is 2.51. The number of nitrogens with zero attached hydrogens (tertiary/aromatic N) is 1. The number of carbonyl (C=O) groups excluding carboxylic acids is 2. The van der Waals surface area contributed by atoms with Crippen LogP contribution < -0.4 is 4.90 Å². The Morgan fingerprint density at radius 1 is 1.22 bits per heavy atom. The summed E-state index contributed by atoms with van der Waals surface area (Å²) >= 11 is 1.74. The van der Waals surface area contributed by atoms with Gasteiger partial charge in [-0.3, -0.25) is 9.59 Å². The van der Waals surface area contributed by atoms with Crippen molar-refractivity contribution in [3.8, 4) is 0 Å². The molecule has 148 valence electrons. The summed E-state index contributed by atoms with van der Waals surface area (Å²) in [5, 5.41) is 2.14. The molecule has 2 aliphatic carbocycles. The second-order valence-corrected chi connectivity index (χ2v) is 10.4. The Hall–Kier alpha value is -1.42. The van der Waals surface area contributed by atoms with Crippen molar-refractivity contribution < 1.29 is 9.59 Å². The fraction of sp³-hybridized carbons (Fsp3) is 0.652. The molecule has 2 aliphatic rings. The minimum absolute atomic E-state index is 0.0457. The molecule has 0 spiro atoms. The number of amides is 1. The first-order valence-electron chi connectivity index (χ1n) is 10.3. The van der Waals surface area contributed by atoms with Gasteiger partial charge in [-0.2, -0.15) is 0 Å². The zero-order valence-corrected chi connectivity index (χ0v) is 18.2. The minimum Gasteiger partial charge on any atom is -0.308 e. The summed E-state index contributed by atoms with van der Waals surface area (Å²) in [6, 6.07) is 2.35. The second-order valence-electron chi connectivity index (χ2n) is 9.47. The predicted octanol–water partition coefficient (Wildman–Crippen LogP) is 5.88. The highest BCUT2D eigenvalue weighted by atomic mass is 32.1. The zero-order valence-electron chi connectivity index (χ0n) is 17.4. The number of ketones is 1. The van der Waals surface area contributed by atoms with Crippen molar-refractivity contribution in [3.05, 3.63) is 28.0 Å². The molecular weight excluding hydrogens is 354 g/mol. The fourth-order valence-electron chi connectivity index (χ4n) is 4.36. The number of anilines is 1. The lowest BCUT2D eigenvalue weighted by molar-refractivity contribution is -0.126. The van der Waals surface area contributed by atoms with Gasteiger partial charge in [-0.1, -0.05) is 39.3 Å². The van der Waals surface area contributed by atoms with Crippen LogP contribution in [0.1, 0.15) is 78.0 Å². The lowest BCUT2D eigenvalue weighted by Crippen LogP contribution is -2.47. The maximum Gasteiger partial charge on any atom is 0.230 e. The van der Waals surface area contributed by atoms with Crippen molar-refractivity contribution >= 4 is 28.7 Å². The topological polar surface area (TPSA) is 37.4 Å². The van der Waals surface area contributed by atoms with Crippen molar-refractivity contribution in [2.75, 3.05) is 4.90 Å². The summed E-state index contributed by atoms with van der Waals surface area (Å²) < 4.78 is 0. The van der Waals surface area contributed by atoms with Crippen LogP contribution >= 0.6 is 11.3 Å². The molecule has 2 atom stereocenters. The predicted molar refractivity (Wildman–Crippen MR) is 113 cm³/mol. The van der Waals surface area contributed by atoms with Crippen LogP contribution in [0, 0.1) is 11.8 Å². The Bertz CT molecular complexity index is 730. The summed E-state index contributed by atoms with van der Waals surface area (Å²) in [7, 11) is 0. The second kappa shape index (κ2) is 7.90. The monoisotopic (exact) mass is 387 g/mol. The number of rotatable bonds is 3. The number of Topliss-reactive ketones (excluding diaryl/α,β-unsaturated/α-hetero) is 1. The maximum atomic E-state index is 13.7. The van der Waals surface area contributed by atoms with Gasteiger partial charge in [0.05, 0.1) is 5.69 Å². The first kappa shape index (κ1) is 20.3. The Balaban J connectivity index is 1.91. The molecule has 3 nitrogen and oxygen atoms in total. The third-order valence-corrected chi connectivity index (χ3v) is 7.43. The minimum atomic E-state index is 0.0457. The van der Waals surface area contributed by atoms with Crippen LogP contribution in [-0.4, -0.2) is 17.7 Å². The standard InChI is InChI=1S/C23H33NO2S/c1-15-6-11-20(16(2)12-15)22(26)24(17-7-9-19(25)10-8-17)18-13-21(27-14-18)23(3,4)5/h6,13-14,16-17,20H,7-12H2,1-5H3/t16-,20-/m0/s1.